The quantitative estimate of drug-likeness (QED) is 0.598. The van der Waals surface area contributed by atoms with Gasteiger partial charge in [-0.05, 0) is 24.6 Å². The minimum absolute atomic E-state index is 0.140. The number of nitro benzene ring substituents is 1. The zero-order chi connectivity index (χ0) is 14.4. The predicted molar refractivity (Wildman–Crippen MR) is 79.6 cm³/mol. The molecule has 0 unspecified atom stereocenters. The van der Waals surface area contributed by atoms with E-state index < -0.39 is 0 Å². The Hall–Kier alpha value is -2.20. The molecule has 0 amide bonds. The first-order valence-electron chi connectivity index (χ1n) is 6.61. The van der Waals surface area contributed by atoms with Crippen LogP contribution in [0.2, 0.25) is 0 Å². The van der Waals surface area contributed by atoms with Crippen molar-refractivity contribution < 1.29 is 4.92 Å². The minimum Gasteiger partial charge on any atom is -0.302 e. The fourth-order valence-corrected chi connectivity index (χ4v) is 2.08. The summed E-state index contributed by atoms with van der Waals surface area (Å²) in [6.07, 6.45) is 1.00. The number of nitrogens with zero attached hydrogens (tertiary/aromatic N) is 2. The third-order valence-corrected chi connectivity index (χ3v) is 3.22. The molecule has 0 aliphatic heterocycles. The highest BCUT2D eigenvalue weighted by molar-refractivity contribution is 5.32. The van der Waals surface area contributed by atoms with E-state index in [0.29, 0.717) is 0 Å². The number of hydrogen-bond donors (Lipinski definition) is 0. The molecule has 0 heterocycles. The number of hydrogen-bond acceptors (Lipinski definition) is 3. The molecular formula is C16H18N2O2. The van der Waals surface area contributed by atoms with Gasteiger partial charge in [0, 0.05) is 25.2 Å². The van der Waals surface area contributed by atoms with Gasteiger partial charge in [-0.15, -0.1) is 0 Å². The fraction of sp³-hybridized carbons (Fsp3) is 0.250. The third-order valence-electron chi connectivity index (χ3n) is 3.22. The lowest BCUT2D eigenvalue weighted by atomic mass is 10.1. The first-order chi connectivity index (χ1) is 9.65. The summed E-state index contributed by atoms with van der Waals surface area (Å²) in [5.74, 6) is 0. The van der Waals surface area contributed by atoms with Crippen molar-refractivity contribution in [3.05, 3.63) is 75.8 Å². The minimum atomic E-state index is -0.372. The second-order valence-corrected chi connectivity index (χ2v) is 4.90. The maximum Gasteiger partial charge on any atom is 0.269 e. The SMILES string of the molecule is CN(CCc1ccccc1)Cc1ccc([N+](=O)[O-])cc1. The van der Waals surface area contributed by atoms with Crippen LogP contribution in [0.3, 0.4) is 0 Å². The third kappa shape index (κ3) is 4.17. The van der Waals surface area contributed by atoms with Crippen molar-refractivity contribution in [3.8, 4) is 0 Å². The van der Waals surface area contributed by atoms with Gasteiger partial charge in [0.25, 0.3) is 5.69 Å². The van der Waals surface area contributed by atoms with Gasteiger partial charge < -0.3 is 4.90 Å². The van der Waals surface area contributed by atoms with E-state index >= 15 is 0 Å². The number of benzene rings is 2. The number of nitro groups is 1. The molecule has 104 valence electrons. The van der Waals surface area contributed by atoms with Gasteiger partial charge in [0.05, 0.1) is 4.92 Å². The number of rotatable bonds is 6. The highest BCUT2D eigenvalue weighted by Gasteiger charge is 2.05. The first kappa shape index (κ1) is 14.2. The summed E-state index contributed by atoms with van der Waals surface area (Å²) in [7, 11) is 2.06. The number of non-ortho nitro benzene ring substituents is 1. The van der Waals surface area contributed by atoms with Crippen LogP contribution in [-0.2, 0) is 13.0 Å². The van der Waals surface area contributed by atoms with Crippen LogP contribution in [0.1, 0.15) is 11.1 Å². The molecule has 0 saturated heterocycles. The Balaban J connectivity index is 1.85. The van der Waals surface area contributed by atoms with E-state index in [1.54, 1.807) is 12.1 Å². The Labute approximate surface area is 118 Å². The Morgan fingerprint density at radius 2 is 1.65 bits per heavy atom. The van der Waals surface area contributed by atoms with E-state index in [9.17, 15) is 10.1 Å². The molecule has 2 aromatic carbocycles. The van der Waals surface area contributed by atoms with E-state index in [0.717, 1.165) is 25.1 Å². The first-order valence-corrected chi connectivity index (χ1v) is 6.61. The molecule has 0 radical (unpaired) electrons. The second kappa shape index (κ2) is 6.82. The molecule has 0 fully saturated rings. The summed E-state index contributed by atoms with van der Waals surface area (Å²) in [6.45, 7) is 1.76. The summed E-state index contributed by atoms with van der Waals surface area (Å²) in [5.41, 5.74) is 2.55. The van der Waals surface area contributed by atoms with Crippen molar-refractivity contribution in [2.45, 2.75) is 13.0 Å². The lowest BCUT2D eigenvalue weighted by molar-refractivity contribution is -0.384. The molecule has 0 aromatic heterocycles. The van der Waals surface area contributed by atoms with Gasteiger partial charge >= 0.3 is 0 Å². The molecule has 20 heavy (non-hydrogen) atoms. The van der Waals surface area contributed by atoms with E-state index in [4.69, 9.17) is 0 Å². The number of likely N-dealkylation sites (N-methyl/N-ethyl adjacent to an activating group) is 1. The molecule has 4 heteroatoms. The molecule has 0 N–H and O–H groups in total. The molecular weight excluding hydrogens is 252 g/mol. The summed E-state index contributed by atoms with van der Waals surface area (Å²) in [6, 6.07) is 17.1. The lowest BCUT2D eigenvalue weighted by Crippen LogP contribution is -2.20. The molecule has 0 aliphatic carbocycles. The highest BCUT2D eigenvalue weighted by Crippen LogP contribution is 2.13. The van der Waals surface area contributed by atoms with E-state index in [-0.39, 0.29) is 10.6 Å². The maximum atomic E-state index is 10.6. The standard InChI is InChI=1S/C16H18N2O2/c1-17(12-11-14-5-3-2-4-6-14)13-15-7-9-16(10-8-15)18(19)20/h2-10H,11-13H2,1H3. The fourth-order valence-electron chi connectivity index (χ4n) is 2.08. The van der Waals surface area contributed by atoms with Crippen LogP contribution >= 0.6 is 0 Å². The summed E-state index contributed by atoms with van der Waals surface area (Å²) in [5, 5.41) is 10.6. The smallest absolute Gasteiger partial charge is 0.269 e. The van der Waals surface area contributed by atoms with Crippen LogP contribution in [0.25, 0.3) is 0 Å². The van der Waals surface area contributed by atoms with Gasteiger partial charge in [0.2, 0.25) is 0 Å². The molecule has 0 saturated carbocycles. The van der Waals surface area contributed by atoms with E-state index in [2.05, 4.69) is 24.1 Å². The highest BCUT2D eigenvalue weighted by atomic mass is 16.6. The van der Waals surface area contributed by atoms with Crippen LogP contribution in [0.5, 0.6) is 0 Å². The second-order valence-electron chi connectivity index (χ2n) is 4.90. The molecule has 0 aliphatic rings. The van der Waals surface area contributed by atoms with Crippen molar-refractivity contribution in [2.24, 2.45) is 0 Å². The lowest BCUT2D eigenvalue weighted by Gasteiger charge is -2.16. The summed E-state index contributed by atoms with van der Waals surface area (Å²) >= 11 is 0. The zero-order valence-electron chi connectivity index (χ0n) is 11.5. The van der Waals surface area contributed by atoms with Crippen LogP contribution in [0.15, 0.2) is 54.6 Å². The molecule has 0 spiro atoms. The monoisotopic (exact) mass is 270 g/mol. The van der Waals surface area contributed by atoms with Gasteiger partial charge in [-0.3, -0.25) is 10.1 Å². The molecule has 2 rings (SSSR count). The summed E-state index contributed by atoms with van der Waals surface area (Å²) < 4.78 is 0. The van der Waals surface area contributed by atoms with Crippen molar-refractivity contribution in [2.75, 3.05) is 13.6 Å². The Morgan fingerprint density at radius 1 is 1.00 bits per heavy atom. The average molecular weight is 270 g/mol. The molecule has 2 aromatic rings. The zero-order valence-corrected chi connectivity index (χ0v) is 11.5. The Bertz CT molecular complexity index is 552. The van der Waals surface area contributed by atoms with Crippen molar-refractivity contribution in [3.63, 3.8) is 0 Å². The van der Waals surface area contributed by atoms with Crippen molar-refractivity contribution in [1.29, 1.82) is 0 Å². The van der Waals surface area contributed by atoms with Gasteiger partial charge in [-0.25, -0.2) is 0 Å². The van der Waals surface area contributed by atoms with E-state index in [1.807, 2.05) is 30.3 Å². The molecule has 0 atom stereocenters. The van der Waals surface area contributed by atoms with Gasteiger partial charge in [-0.1, -0.05) is 42.5 Å². The van der Waals surface area contributed by atoms with Gasteiger partial charge in [0.15, 0.2) is 0 Å². The van der Waals surface area contributed by atoms with E-state index in [1.165, 1.54) is 5.56 Å². The van der Waals surface area contributed by atoms with Crippen LogP contribution < -0.4 is 0 Å². The largest absolute Gasteiger partial charge is 0.302 e. The molecule has 4 nitrogen and oxygen atoms in total. The average Bonchev–Trinajstić information content (AvgIpc) is 2.47. The summed E-state index contributed by atoms with van der Waals surface area (Å²) in [4.78, 5) is 12.4. The normalized spacial score (nSPS) is 10.7. The van der Waals surface area contributed by atoms with Crippen molar-refractivity contribution >= 4 is 5.69 Å². The molecule has 0 bridgehead atoms. The van der Waals surface area contributed by atoms with Crippen LogP contribution in [0, 0.1) is 10.1 Å². The Kier molecular flexibility index (Phi) is 4.85. The van der Waals surface area contributed by atoms with Crippen molar-refractivity contribution in [1.82, 2.24) is 4.90 Å². The van der Waals surface area contributed by atoms with Crippen LogP contribution in [-0.4, -0.2) is 23.4 Å². The van der Waals surface area contributed by atoms with Gasteiger partial charge in [0.1, 0.15) is 0 Å². The van der Waals surface area contributed by atoms with Crippen LogP contribution in [0.4, 0.5) is 5.69 Å². The van der Waals surface area contributed by atoms with Gasteiger partial charge in [-0.2, -0.15) is 0 Å². The Morgan fingerprint density at radius 3 is 2.25 bits per heavy atom. The topological polar surface area (TPSA) is 46.4 Å². The maximum absolute atomic E-state index is 10.6. The predicted octanol–water partition coefficient (Wildman–Crippen LogP) is 3.27.